The van der Waals surface area contributed by atoms with Crippen molar-refractivity contribution in [3.63, 3.8) is 0 Å². The summed E-state index contributed by atoms with van der Waals surface area (Å²) in [7, 11) is 0. The highest BCUT2D eigenvalue weighted by molar-refractivity contribution is 6.23. The van der Waals surface area contributed by atoms with E-state index in [1.807, 2.05) is 12.1 Å². The van der Waals surface area contributed by atoms with Crippen molar-refractivity contribution in [1.29, 1.82) is 0 Å². The third kappa shape index (κ3) is 3.46. The highest BCUT2D eigenvalue weighted by Crippen LogP contribution is 2.21. The van der Waals surface area contributed by atoms with Gasteiger partial charge in [-0.05, 0) is 52.3 Å². The summed E-state index contributed by atoms with van der Waals surface area (Å²) in [6.45, 7) is 14.4. The fourth-order valence-corrected chi connectivity index (χ4v) is 1.99. The number of hydrogen-bond donors (Lipinski definition) is 1. The molecular weight excluding hydrogens is 220 g/mol. The summed E-state index contributed by atoms with van der Waals surface area (Å²) < 4.78 is 0. The van der Waals surface area contributed by atoms with Gasteiger partial charge in [-0.15, -0.1) is 0 Å². The lowest BCUT2D eigenvalue weighted by molar-refractivity contribution is 0.717. The molecule has 0 radical (unpaired) electrons. The zero-order valence-corrected chi connectivity index (χ0v) is 12.2. The van der Waals surface area contributed by atoms with E-state index in [0.717, 1.165) is 23.5 Å². The first-order valence-corrected chi connectivity index (χ1v) is 6.53. The first-order valence-electron chi connectivity index (χ1n) is 6.53. The topological polar surface area (TPSA) is 28.1 Å². The van der Waals surface area contributed by atoms with E-state index in [-0.39, 0.29) is 0 Å². The Labute approximate surface area is 111 Å². The number of H-pyrrole nitrogens is 1. The number of hydrogen-bond acceptors (Lipinski definition) is 1. The Balaban J connectivity index is 3.16. The van der Waals surface area contributed by atoms with Crippen molar-refractivity contribution >= 4 is 17.4 Å². The fraction of sp³-hybridized carbons (Fsp3) is 0.438. The van der Waals surface area contributed by atoms with E-state index in [2.05, 4.69) is 52.2 Å². The number of rotatable bonds is 5. The van der Waals surface area contributed by atoms with E-state index < -0.39 is 0 Å². The van der Waals surface area contributed by atoms with Crippen molar-refractivity contribution in [3.8, 4) is 0 Å². The minimum Gasteiger partial charge on any atom is -0.355 e. The lowest BCUT2D eigenvalue weighted by atomic mass is 10.0. The van der Waals surface area contributed by atoms with Gasteiger partial charge in [0.05, 0.1) is 0 Å². The molecule has 0 aliphatic rings. The van der Waals surface area contributed by atoms with Gasteiger partial charge in [0.1, 0.15) is 0 Å². The Morgan fingerprint density at radius 2 is 2.06 bits per heavy atom. The predicted octanol–water partition coefficient (Wildman–Crippen LogP) is 4.71. The standard InChI is InChI=1S/C16H24N2/c1-7-12(5)17-13(6)16(11(3)4)15-10-9-14(8-2)18-15/h8-10,12,18H,2,7H2,1,3-6H3. The lowest BCUT2D eigenvalue weighted by Crippen LogP contribution is -2.05. The molecule has 0 aliphatic carbocycles. The molecule has 2 nitrogen and oxygen atoms in total. The molecule has 1 heterocycles. The van der Waals surface area contributed by atoms with E-state index in [4.69, 9.17) is 4.99 Å². The molecule has 0 bridgehead atoms. The molecule has 0 amide bonds. The molecule has 1 unspecified atom stereocenters. The maximum absolute atomic E-state index is 4.74. The van der Waals surface area contributed by atoms with E-state index in [9.17, 15) is 0 Å². The van der Waals surface area contributed by atoms with Crippen LogP contribution in [0.15, 0.2) is 29.3 Å². The molecule has 98 valence electrons. The van der Waals surface area contributed by atoms with Gasteiger partial charge in [0, 0.05) is 28.7 Å². The zero-order valence-electron chi connectivity index (χ0n) is 12.2. The van der Waals surface area contributed by atoms with Crippen LogP contribution in [0.2, 0.25) is 0 Å². The van der Waals surface area contributed by atoms with Crippen LogP contribution in [0.25, 0.3) is 11.6 Å². The lowest BCUT2D eigenvalue weighted by Gasteiger charge is -2.11. The number of allylic oxidation sites excluding steroid dienone is 2. The Bertz CT molecular complexity index is 471. The second kappa shape index (κ2) is 6.39. The number of nitrogens with one attached hydrogen (secondary N) is 1. The maximum atomic E-state index is 4.74. The average molecular weight is 244 g/mol. The van der Waals surface area contributed by atoms with Crippen molar-refractivity contribution in [1.82, 2.24) is 4.98 Å². The highest BCUT2D eigenvalue weighted by Gasteiger charge is 2.10. The van der Waals surface area contributed by atoms with Crippen LogP contribution in [0.1, 0.15) is 52.4 Å². The summed E-state index contributed by atoms with van der Waals surface area (Å²) in [5, 5.41) is 0. The maximum Gasteiger partial charge on any atom is 0.0476 e. The number of aromatic amines is 1. The number of nitrogens with zero attached hydrogens (tertiary/aromatic N) is 1. The Kier molecular flexibility index (Phi) is 5.14. The molecule has 1 atom stereocenters. The van der Waals surface area contributed by atoms with Gasteiger partial charge in [0.2, 0.25) is 0 Å². The first-order chi connectivity index (χ1) is 8.49. The van der Waals surface area contributed by atoms with Gasteiger partial charge in [-0.3, -0.25) is 4.99 Å². The van der Waals surface area contributed by atoms with Crippen LogP contribution < -0.4 is 0 Å². The number of aromatic nitrogens is 1. The van der Waals surface area contributed by atoms with Crippen LogP contribution in [0.3, 0.4) is 0 Å². The second-order valence-corrected chi connectivity index (χ2v) is 4.88. The van der Waals surface area contributed by atoms with Gasteiger partial charge in [-0.2, -0.15) is 0 Å². The molecule has 1 aromatic heterocycles. The van der Waals surface area contributed by atoms with Crippen LogP contribution in [-0.4, -0.2) is 16.7 Å². The van der Waals surface area contributed by atoms with Gasteiger partial charge in [0.15, 0.2) is 0 Å². The molecule has 2 heteroatoms. The van der Waals surface area contributed by atoms with E-state index >= 15 is 0 Å². The fourth-order valence-electron chi connectivity index (χ4n) is 1.99. The summed E-state index contributed by atoms with van der Waals surface area (Å²) in [6, 6.07) is 4.50. The summed E-state index contributed by atoms with van der Waals surface area (Å²) in [4.78, 5) is 8.10. The smallest absolute Gasteiger partial charge is 0.0476 e. The van der Waals surface area contributed by atoms with Crippen LogP contribution >= 0.6 is 0 Å². The molecule has 0 saturated heterocycles. The monoisotopic (exact) mass is 244 g/mol. The summed E-state index contributed by atoms with van der Waals surface area (Å²) in [5.41, 5.74) is 5.75. The van der Waals surface area contributed by atoms with Crippen molar-refractivity contribution < 1.29 is 0 Å². The van der Waals surface area contributed by atoms with E-state index in [1.165, 1.54) is 11.1 Å². The molecule has 0 aromatic carbocycles. The quantitative estimate of drug-likeness (QED) is 0.727. The third-order valence-electron chi connectivity index (χ3n) is 3.06. The van der Waals surface area contributed by atoms with Crippen molar-refractivity contribution in [2.24, 2.45) is 4.99 Å². The normalized spacial score (nSPS) is 13.3. The molecule has 0 spiro atoms. The van der Waals surface area contributed by atoms with Crippen LogP contribution in [0.5, 0.6) is 0 Å². The van der Waals surface area contributed by atoms with Gasteiger partial charge in [-0.1, -0.05) is 19.1 Å². The molecule has 0 saturated carbocycles. The molecule has 18 heavy (non-hydrogen) atoms. The van der Waals surface area contributed by atoms with E-state index in [0.29, 0.717) is 6.04 Å². The molecule has 0 aliphatic heterocycles. The Hall–Kier alpha value is -1.57. The van der Waals surface area contributed by atoms with Gasteiger partial charge < -0.3 is 4.98 Å². The Morgan fingerprint density at radius 1 is 1.39 bits per heavy atom. The second-order valence-electron chi connectivity index (χ2n) is 4.88. The summed E-state index contributed by atoms with van der Waals surface area (Å²) >= 11 is 0. The molecule has 1 N–H and O–H groups in total. The first kappa shape index (κ1) is 14.5. The average Bonchev–Trinajstić information content (AvgIpc) is 2.76. The summed E-state index contributed by atoms with van der Waals surface area (Å²) in [6.07, 6.45) is 2.89. The van der Waals surface area contributed by atoms with E-state index in [1.54, 1.807) is 0 Å². The van der Waals surface area contributed by atoms with Crippen molar-refractivity contribution in [2.75, 3.05) is 0 Å². The predicted molar refractivity (Wildman–Crippen MR) is 82.0 cm³/mol. The van der Waals surface area contributed by atoms with Crippen molar-refractivity contribution in [2.45, 2.75) is 47.1 Å². The molecule has 1 rings (SSSR count). The highest BCUT2D eigenvalue weighted by atomic mass is 14.8. The molecule has 0 fully saturated rings. The minimum atomic E-state index is 0.369. The van der Waals surface area contributed by atoms with Crippen LogP contribution in [-0.2, 0) is 0 Å². The van der Waals surface area contributed by atoms with Crippen LogP contribution in [0.4, 0.5) is 0 Å². The SMILES string of the molecule is C=Cc1ccc(C(C(C)=NC(C)CC)=C(C)C)[nH]1. The molecule has 1 aromatic rings. The van der Waals surface area contributed by atoms with Gasteiger partial charge >= 0.3 is 0 Å². The van der Waals surface area contributed by atoms with Gasteiger partial charge in [0.25, 0.3) is 0 Å². The van der Waals surface area contributed by atoms with Gasteiger partial charge in [-0.25, -0.2) is 0 Å². The number of aliphatic imine (C=N–C) groups is 1. The molecular formula is C16H24N2. The zero-order chi connectivity index (χ0) is 13.7. The largest absolute Gasteiger partial charge is 0.355 e. The Morgan fingerprint density at radius 3 is 2.50 bits per heavy atom. The third-order valence-corrected chi connectivity index (χ3v) is 3.06. The minimum absolute atomic E-state index is 0.369. The summed E-state index contributed by atoms with van der Waals surface area (Å²) in [5.74, 6) is 0. The van der Waals surface area contributed by atoms with Crippen LogP contribution in [0, 0.1) is 0 Å². The van der Waals surface area contributed by atoms with Crippen molar-refractivity contribution in [3.05, 3.63) is 35.7 Å².